The van der Waals surface area contributed by atoms with E-state index in [1.54, 1.807) is 0 Å². The highest BCUT2D eigenvalue weighted by Crippen LogP contribution is 2.34. The molecule has 0 radical (unpaired) electrons. The molecule has 0 amide bonds. The van der Waals surface area contributed by atoms with Gasteiger partial charge in [-0.15, -0.1) is 0 Å². The molecule has 2 N–H and O–H groups in total. The van der Waals surface area contributed by atoms with Crippen molar-refractivity contribution in [3.05, 3.63) is 24.3 Å². The number of imidazole rings is 1. The molecule has 2 heterocycles. The van der Waals surface area contributed by atoms with Gasteiger partial charge in [0, 0.05) is 24.2 Å². The predicted molar refractivity (Wildman–Crippen MR) is 77.1 cm³/mol. The number of nitrogens with zero attached hydrogens (tertiary/aromatic N) is 3. The van der Waals surface area contributed by atoms with Crippen molar-refractivity contribution in [1.82, 2.24) is 14.5 Å². The highest BCUT2D eigenvalue weighted by molar-refractivity contribution is 5.75. The van der Waals surface area contributed by atoms with Gasteiger partial charge in [-0.2, -0.15) is 0 Å². The first kappa shape index (κ1) is 12.6. The van der Waals surface area contributed by atoms with Gasteiger partial charge in [-0.1, -0.05) is 12.8 Å². The van der Waals surface area contributed by atoms with E-state index in [9.17, 15) is 0 Å². The minimum atomic E-state index is 0.246. The summed E-state index contributed by atoms with van der Waals surface area (Å²) in [6.07, 6.45) is 8.48. The van der Waals surface area contributed by atoms with Crippen LogP contribution in [0.15, 0.2) is 18.5 Å². The van der Waals surface area contributed by atoms with Gasteiger partial charge in [0.1, 0.15) is 11.3 Å². The normalized spacial score (nSPS) is 24.2. The predicted octanol–water partition coefficient (Wildman–Crippen LogP) is 3.00. The van der Waals surface area contributed by atoms with E-state index < -0.39 is 0 Å². The Bertz CT molecular complexity index is 573. The van der Waals surface area contributed by atoms with Gasteiger partial charge in [-0.3, -0.25) is 4.98 Å². The number of nitrogens with two attached hydrogens (primary N) is 1. The quantitative estimate of drug-likeness (QED) is 0.901. The van der Waals surface area contributed by atoms with Crippen LogP contribution in [-0.2, 0) is 0 Å². The van der Waals surface area contributed by atoms with E-state index >= 15 is 0 Å². The Morgan fingerprint density at radius 2 is 2.11 bits per heavy atom. The van der Waals surface area contributed by atoms with Crippen LogP contribution in [0.3, 0.4) is 0 Å². The molecule has 0 bridgehead atoms. The van der Waals surface area contributed by atoms with Crippen LogP contribution in [0.5, 0.6) is 0 Å². The van der Waals surface area contributed by atoms with E-state index in [-0.39, 0.29) is 6.04 Å². The zero-order chi connectivity index (χ0) is 13.4. The fourth-order valence-corrected chi connectivity index (χ4v) is 3.25. The molecule has 102 valence electrons. The van der Waals surface area contributed by atoms with Crippen molar-refractivity contribution in [2.75, 3.05) is 0 Å². The summed E-state index contributed by atoms with van der Waals surface area (Å²) in [5, 5.41) is 0. The molecule has 0 spiro atoms. The zero-order valence-electron chi connectivity index (χ0n) is 11.7. The second-order valence-corrected chi connectivity index (χ2v) is 5.85. The van der Waals surface area contributed by atoms with E-state index in [1.807, 2.05) is 12.4 Å². The molecule has 1 saturated carbocycles. The highest BCUT2D eigenvalue weighted by Gasteiger charge is 2.29. The Balaban J connectivity index is 2.14. The summed E-state index contributed by atoms with van der Waals surface area (Å²) in [4.78, 5) is 9.01. The van der Waals surface area contributed by atoms with E-state index in [0.717, 1.165) is 24.2 Å². The van der Waals surface area contributed by atoms with Gasteiger partial charge in [0.25, 0.3) is 0 Å². The van der Waals surface area contributed by atoms with Crippen molar-refractivity contribution in [1.29, 1.82) is 0 Å². The highest BCUT2D eigenvalue weighted by atomic mass is 15.1. The average molecular weight is 258 g/mol. The Morgan fingerprint density at radius 1 is 1.32 bits per heavy atom. The summed E-state index contributed by atoms with van der Waals surface area (Å²) >= 11 is 0. The number of aromatic nitrogens is 3. The van der Waals surface area contributed by atoms with Gasteiger partial charge in [0.05, 0.1) is 11.7 Å². The number of pyridine rings is 1. The molecule has 2 unspecified atom stereocenters. The topological polar surface area (TPSA) is 56.7 Å². The fraction of sp³-hybridized carbons (Fsp3) is 0.600. The molecular weight excluding hydrogens is 236 g/mol. The van der Waals surface area contributed by atoms with E-state index in [0.29, 0.717) is 12.0 Å². The first-order chi connectivity index (χ1) is 9.18. The first-order valence-corrected chi connectivity index (χ1v) is 7.26. The number of hydrogen-bond acceptors (Lipinski definition) is 3. The van der Waals surface area contributed by atoms with Crippen LogP contribution in [-0.4, -0.2) is 20.6 Å². The molecule has 0 saturated heterocycles. The third-order valence-electron chi connectivity index (χ3n) is 4.19. The van der Waals surface area contributed by atoms with Crippen molar-refractivity contribution < 1.29 is 0 Å². The monoisotopic (exact) mass is 258 g/mol. The molecule has 4 nitrogen and oxygen atoms in total. The Hall–Kier alpha value is -1.42. The maximum Gasteiger partial charge on any atom is 0.114 e. The fourth-order valence-electron chi connectivity index (χ4n) is 3.25. The average Bonchev–Trinajstić information content (AvgIpc) is 2.78. The summed E-state index contributed by atoms with van der Waals surface area (Å²) in [6, 6.07) is 2.70. The van der Waals surface area contributed by atoms with Crippen molar-refractivity contribution in [2.24, 2.45) is 5.73 Å². The van der Waals surface area contributed by atoms with Gasteiger partial charge >= 0.3 is 0 Å². The standard InChI is InChI=1S/C15H22N4/c1-10(2)19-14-7-8-17-9-13(14)18-15(19)11-5-3-4-6-12(11)16/h7-12H,3-6,16H2,1-2H3. The molecule has 2 atom stereocenters. The third kappa shape index (κ3) is 2.14. The molecule has 19 heavy (non-hydrogen) atoms. The van der Waals surface area contributed by atoms with Crippen LogP contribution >= 0.6 is 0 Å². The maximum absolute atomic E-state index is 6.33. The Morgan fingerprint density at radius 3 is 2.84 bits per heavy atom. The van der Waals surface area contributed by atoms with Gasteiger partial charge < -0.3 is 10.3 Å². The number of hydrogen-bond donors (Lipinski definition) is 1. The molecule has 4 heteroatoms. The van der Waals surface area contributed by atoms with Crippen LogP contribution in [0.1, 0.15) is 57.3 Å². The lowest BCUT2D eigenvalue weighted by molar-refractivity contribution is 0.360. The number of rotatable bonds is 2. The lowest BCUT2D eigenvalue weighted by atomic mass is 9.84. The summed E-state index contributed by atoms with van der Waals surface area (Å²) < 4.78 is 2.34. The van der Waals surface area contributed by atoms with Crippen LogP contribution in [0.4, 0.5) is 0 Å². The minimum Gasteiger partial charge on any atom is -0.327 e. The molecule has 2 aromatic rings. The smallest absolute Gasteiger partial charge is 0.114 e. The molecule has 1 aliphatic carbocycles. The molecular formula is C15H22N4. The van der Waals surface area contributed by atoms with E-state index in [2.05, 4.69) is 29.5 Å². The van der Waals surface area contributed by atoms with Gasteiger partial charge in [0.2, 0.25) is 0 Å². The lowest BCUT2D eigenvalue weighted by Crippen LogP contribution is -2.33. The lowest BCUT2D eigenvalue weighted by Gasteiger charge is -2.29. The van der Waals surface area contributed by atoms with Crippen LogP contribution in [0.25, 0.3) is 11.0 Å². The molecule has 1 aliphatic rings. The second kappa shape index (κ2) is 4.93. The Kier molecular flexibility index (Phi) is 3.27. The van der Waals surface area contributed by atoms with E-state index in [4.69, 9.17) is 10.7 Å². The van der Waals surface area contributed by atoms with Gasteiger partial charge in [-0.25, -0.2) is 4.98 Å². The maximum atomic E-state index is 6.33. The largest absolute Gasteiger partial charge is 0.327 e. The van der Waals surface area contributed by atoms with Gasteiger partial charge in [-0.05, 0) is 32.8 Å². The van der Waals surface area contributed by atoms with Gasteiger partial charge in [0.15, 0.2) is 0 Å². The van der Waals surface area contributed by atoms with Crippen LogP contribution < -0.4 is 5.73 Å². The molecule has 2 aromatic heterocycles. The minimum absolute atomic E-state index is 0.246. The molecule has 0 aromatic carbocycles. The van der Waals surface area contributed by atoms with Crippen molar-refractivity contribution in [3.8, 4) is 0 Å². The summed E-state index contributed by atoms with van der Waals surface area (Å²) in [5.41, 5.74) is 8.50. The van der Waals surface area contributed by atoms with Crippen molar-refractivity contribution in [3.63, 3.8) is 0 Å². The summed E-state index contributed by atoms with van der Waals surface area (Å²) in [6.45, 7) is 4.42. The van der Waals surface area contributed by atoms with Crippen LogP contribution in [0, 0.1) is 0 Å². The van der Waals surface area contributed by atoms with Crippen molar-refractivity contribution in [2.45, 2.75) is 57.5 Å². The Labute approximate surface area is 114 Å². The second-order valence-electron chi connectivity index (χ2n) is 5.85. The number of fused-ring (bicyclic) bond motifs is 1. The SMILES string of the molecule is CC(C)n1c(C2CCCCC2N)nc2cnccc21. The molecule has 1 fully saturated rings. The summed E-state index contributed by atoms with van der Waals surface area (Å²) in [7, 11) is 0. The third-order valence-corrected chi connectivity index (χ3v) is 4.19. The van der Waals surface area contributed by atoms with E-state index in [1.165, 1.54) is 18.4 Å². The molecule has 0 aliphatic heterocycles. The summed E-state index contributed by atoms with van der Waals surface area (Å²) in [5.74, 6) is 1.55. The molecule has 3 rings (SSSR count). The first-order valence-electron chi connectivity index (χ1n) is 7.26. The van der Waals surface area contributed by atoms with Crippen LogP contribution in [0.2, 0.25) is 0 Å². The van der Waals surface area contributed by atoms with Crippen molar-refractivity contribution >= 4 is 11.0 Å². The zero-order valence-corrected chi connectivity index (χ0v) is 11.7.